The van der Waals surface area contributed by atoms with Crippen molar-refractivity contribution >= 4 is 29.0 Å². The predicted octanol–water partition coefficient (Wildman–Crippen LogP) is 5.30. The number of aryl methyl sites for hydroxylation is 1. The fourth-order valence-corrected chi connectivity index (χ4v) is 4.56. The number of carbonyl (C=O) groups excluding carboxylic acids is 2. The number of nitrogens with zero attached hydrogens (tertiary/aromatic N) is 2. The van der Waals surface area contributed by atoms with Crippen LogP contribution in [-0.2, 0) is 22.6 Å². The summed E-state index contributed by atoms with van der Waals surface area (Å²) in [6.07, 6.45) is 0.575. The number of nitrogens with one attached hydrogen (secondary N) is 1. The lowest BCUT2D eigenvalue weighted by atomic mass is 10.2. The van der Waals surface area contributed by atoms with E-state index in [0.29, 0.717) is 44.1 Å². The molecule has 2 aromatic carbocycles. The number of benzene rings is 2. The zero-order valence-electron chi connectivity index (χ0n) is 20.8. The summed E-state index contributed by atoms with van der Waals surface area (Å²) >= 11 is 1.58. The molecule has 0 aliphatic rings. The van der Waals surface area contributed by atoms with Gasteiger partial charge in [-0.25, -0.2) is 9.18 Å². The highest BCUT2D eigenvalue weighted by molar-refractivity contribution is 7.10. The maximum Gasteiger partial charge on any atom is 0.322 e. The molecular formula is C27H32FN3O4S. The Hall–Kier alpha value is -3.43. The molecule has 7 nitrogen and oxygen atoms in total. The van der Waals surface area contributed by atoms with Crippen LogP contribution in [0.5, 0.6) is 5.75 Å². The molecule has 1 N–H and O–H groups in total. The molecule has 1 heterocycles. The summed E-state index contributed by atoms with van der Waals surface area (Å²) in [5.74, 6) is -0.0112. The smallest absolute Gasteiger partial charge is 0.322 e. The number of halogens is 1. The summed E-state index contributed by atoms with van der Waals surface area (Å²) in [5, 5.41) is 4.84. The van der Waals surface area contributed by atoms with Crippen LogP contribution in [0.4, 0.5) is 14.9 Å². The van der Waals surface area contributed by atoms with Crippen molar-refractivity contribution in [3.8, 4) is 5.75 Å². The van der Waals surface area contributed by atoms with Crippen molar-refractivity contribution in [3.05, 3.63) is 81.8 Å². The van der Waals surface area contributed by atoms with Crippen LogP contribution in [0.1, 0.15) is 22.4 Å². The minimum atomic E-state index is -0.405. The van der Waals surface area contributed by atoms with Gasteiger partial charge in [0, 0.05) is 31.7 Å². The molecule has 1 aromatic heterocycles. The van der Waals surface area contributed by atoms with E-state index in [9.17, 15) is 14.0 Å². The highest BCUT2D eigenvalue weighted by atomic mass is 32.1. The van der Waals surface area contributed by atoms with Crippen LogP contribution in [0.2, 0.25) is 0 Å². The Morgan fingerprint density at radius 2 is 1.75 bits per heavy atom. The third-order valence-corrected chi connectivity index (χ3v) is 6.69. The second-order valence-electron chi connectivity index (χ2n) is 8.30. The number of hydrogen-bond donors (Lipinski definition) is 1. The van der Waals surface area contributed by atoms with Gasteiger partial charge < -0.3 is 24.6 Å². The number of urea groups is 1. The summed E-state index contributed by atoms with van der Waals surface area (Å²) in [5.41, 5.74) is 2.43. The molecule has 9 heteroatoms. The molecule has 0 saturated carbocycles. The summed E-state index contributed by atoms with van der Waals surface area (Å²) in [6, 6.07) is 14.8. The van der Waals surface area contributed by atoms with E-state index in [4.69, 9.17) is 9.47 Å². The average Bonchev–Trinajstić information content (AvgIpc) is 3.28. The standard InChI is InChI=1S/C27H32FN3O4S/c1-20-13-16-36-25(20)18-31(17-21-9-11-22(28)12-10-21)26(32)19-30(14-6-15-34-2)27(33)29-23-7-4-5-8-24(23)35-3/h4-5,7-13,16H,6,14-15,17-19H2,1-3H3,(H,29,33). The van der Waals surface area contributed by atoms with E-state index in [1.54, 1.807) is 53.7 Å². The van der Waals surface area contributed by atoms with Gasteiger partial charge in [-0.3, -0.25) is 4.79 Å². The second-order valence-corrected chi connectivity index (χ2v) is 9.30. The number of hydrogen-bond acceptors (Lipinski definition) is 5. The first-order valence-electron chi connectivity index (χ1n) is 11.6. The SMILES string of the molecule is COCCCN(CC(=O)N(Cc1ccc(F)cc1)Cc1sccc1C)C(=O)Nc1ccccc1OC. The van der Waals surface area contributed by atoms with Crippen LogP contribution in [-0.4, -0.2) is 55.7 Å². The molecule has 0 saturated heterocycles. The van der Waals surface area contributed by atoms with Crippen molar-refractivity contribution in [3.63, 3.8) is 0 Å². The highest BCUT2D eigenvalue weighted by Gasteiger charge is 2.23. The van der Waals surface area contributed by atoms with Crippen molar-refractivity contribution in [1.82, 2.24) is 9.80 Å². The Morgan fingerprint density at radius 1 is 1.00 bits per heavy atom. The first-order chi connectivity index (χ1) is 17.4. The van der Waals surface area contributed by atoms with Crippen LogP contribution in [0.3, 0.4) is 0 Å². The van der Waals surface area contributed by atoms with Gasteiger partial charge in [-0.05, 0) is 60.2 Å². The van der Waals surface area contributed by atoms with E-state index < -0.39 is 6.03 Å². The zero-order valence-corrected chi connectivity index (χ0v) is 21.6. The monoisotopic (exact) mass is 513 g/mol. The lowest BCUT2D eigenvalue weighted by molar-refractivity contribution is -0.133. The molecule has 36 heavy (non-hydrogen) atoms. The molecule has 0 fully saturated rings. The van der Waals surface area contributed by atoms with Gasteiger partial charge in [0.15, 0.2) is 0 Å². The predicted molar refractivity (Wildman–Crippen MR) is 140 cm³/mol. The highest BCUT2D eigenvalue weighted by Crippen LogP contribution is 2.24. The van der Waals surface area contributed by atoms with Gasteiger partial charge in [-0.15, -0.1) is 11.3 Å². The van der Waals surface area contributed by atoms with E-state index in [-0.39, 0.29) is 18.3 Å². The van der Waals surface area contributed by atoms with E-state index in [1.165, 1.54) is 24.1 Å². The topological polar surface area (TPSA) is 71.1 Å². The minimum Gasteiger partial charge on any atom is -0.495 e. The molecule has 0 atom stereocenters. The van der Waals surface area contributed by atoms with E-state index in [2.05, 4.69) is 5.32 Å². The fraction of sp³-hybridized carbons (Fsp3) is 0.333. The normalized spacial score (nSPS) is 10.7. The van der Waals surface area contributed by atoms with Gasteiger partial charge in [0.25, 0.3) is 0 Å². The van der Waals surface area contributed by atoms with Crippen molar-refractivity contribution in [2.24, 2.45) is 0 Å². The molecule has 3 aromatic rings. The number of carbonyl (C=O) groups is 2. The van der Waals surface area contributed by atoms with Crippen LogP contribution in [0.25, 0.3) is 0 Å². The number of amides is 3. The van der Waals surface area contributed by atoms with Crippen molar-refractivity contribution < 1.29 is 23.5 Å². The lowest BCUT2D eigenvalue weighted by Gasteiger charge is -2.28. The summed E-state index contributed by atoms with van der Waals surface area (Å²) in [7, 11) is 3.13. The maximum atomic E-state index is 13.6. The quantitative estimate of drug-likeness (QED) is 0.334. The molecule has 0 aliphatic heterocycles. The van der Waals surface area contributed by atoms with Crippen molar-refractivity contribution in [1.29, 1.82) is 0 Å². The van der Waals surface area contributed by atoms with Crippen LogP contribution < -0.4 is 10.1 Å². The molecule has 3 amide bonds. The molecular weight excluding hydrogens is 481 g/mol. The number of rotatable bonds is 12. The second kappa shape index (κ2) is 13.6. The Balaban J connectivity index is 1.79. The van der Waals surface area contributed by atoms with E-state index >= 15 is 0 Å². The number of anilines is 1. The van der Waals surface area contributed by atoms with Gasteiger partial charge in [-0.1, -0.05) is 24.3 Å². The van der Waals surface area contributed by atoms with E-state index in [0.717, 1.165) is 16.0 Å². The summed E-state index contributed by atoms with van der Waals surface area (Å²) in [4.78, 5) is 31.0. The third-order valence-electron chi connectivity index (χ3n) is 5.68. The molecule has 0 radical (unpaired) electrons. The summed E-state index contributed by atoms with van der Waals surface area (Å²) < 4.78 is 23.9. The molecule has 0 aliphatic carbocycles. The molecule has 192 valence electrons. The van der Waals surface area contributed by atoms with Gasteiger partial charge in [-0.2, -0.15) is 0 Å². The van der Waals surface area contributed by atoms with Crippen LogP contribution in [0, 0.1) is 12.7 Å². The Labute approximate surface area is 215 Å². The fourth-order valence-electron chi connectivity index (χ4n) is 3.64. The van der Waals surface area contributed by atoms with E-state index in [1.807, 2.05) is 24.4 Å². The van der Waals surface area contributed by atoms with Gasteiger partial charge >= 0.3 is 6.03 Å². The van der Waals surface area contributed by atoms with Crippen molar-refractivity contribution in [2.45, 2.75) is 26.4 Å². The first-order valence-corrected chi connectivity index (χ1v) is 12.5. The Kier molecular flexibility index (Phi) is 10.3. The number of para-hydroxylation sites is 2. The Bertz CT molecular complexity index is 1140. The average molecular weight is 514 g/mol. The molecule has 0 bridgehead atoms. The van der Waals surface area contributed by atoms with Crippen LogP contribution in [0.15, 0.2) is 60.0 Å². The third kappa shape index (κ3) is 7.79. The number of ether oxygens (including phenoxy) is 2. The first kappa shape index (κ1) is 27.2. The van der Waals surface area contributed by atoms with Gasteiger partial charge in [0.1, 0.15) is 18.1 Å². The van der Waals surface area contributed by atoms with Gasteiger partial charge in [0.05, 0.1) is 19.3 Å². The maximum absolute atomic E-state index is 13.6. The summed E-state index contributed by atoms with van der Waals surface area (Å²) in [6.45, 7) is 3.39. The number of thiophene rings is 1. The van der Waals surface area contributed by atoms with Crippen LogP contribution >= 0.6 is 11.3 Å². The Morgan fingerprint density at radius 3 is 2.42 bits per heavy atom. The molecule has 0 unspecified atom stereocenters. The molecule has 0 spiro atoms. The van der Waals surface area contributed by atoms with Crippen molar-refractivity contribution in [2.75, 3.05) is 39.2 Å². The number of methoxy groups -OCH3 is 2. The minimum absolute atomic E-state index is 0.115. The lowest BCUT2D eigenvalue weighted by Crippen LogP contribution is -2.44. The zero-order chi connectivity index (χ0) is 25.9. The molecule has 3 rings (SSSR count). The van der Waals surface area contributed by atoms with Gasteiger partial charge in [0.2, 0.25) is 5.91 Å². The largest absolute Gasteiger partial charge is 0.495 e.